The Bertz CT molecular complexity index is 1090. The van der Waals surface area contributed by atoms with E-state index in [2.05, 4.69) is 20.0 Å². The van der Waals surface area contributed by atoms with Crippen molar-refractivity contribution in [2.24, 2.45) is 21.8 Å². The van der Waals surface area contributed by atoms with E-state index in [-0.39, 0.29) is 22.6 Å². The number of carboxylic acids is 2. The second kappa shape index (κ2) is 8.44. The summed E-state index contributed by atoms with van der Waals surface area (Å²) in [5.41, 5.74) is 9.86. The highest BCUT2D eigenvalue weighted by molar-refractivity contribution is 6.55. The molecule has 3 heterocycles. The summed E-state index contributed by atoms with van der Waals surface area (Å²) in [6.07, 6.45) is 2.21. The number of hydrogen-bond donors (Lipinski definition) is 6. The van der Waals surface area contributed by atoms with Crippen LogP contribution in [0, 0.1) is 11.8 Å². The van der Waals surface area contributed by atoms with Gasteiger partial charge in [0.05, 0.1) is 13.2 Å². The Balaban J connectivity index is 1.85. The molecule has 3 rings (SSSR count). The number of Topliss-reactive ketones (excluding diaryl/α,β-unsaturated/α-hetero) is 2. The predicted molar refractivity (Wildman–Crippen MR) is 107 cm³/mol. The zero-order chi connectivity index (χ0) is 23.7. The second-order valence-corrected chi connectivity index (χ2v) is 6.62. The van der Waals surface area contributed by atoms with Crippen molar-refractivity contribution in [2.45, 2.75) is 0 Å². The average molecular weight is 444 g/mol. The summed E-state index contributed by atoms with van der Waals surface area (Å²) >= 11 is 0. The highest BCUT2D eigenvalue weighted by atomic mass is 16.4. The lowest BCUT2D eigenvalue weighted by molar-refractivity contribution is -0.142. The SMILES string of the molecule is Nc1nc(C(=O)C2=NC=C2[C@H](CO)C(=O)O)c(N)nc1C(=O)C1=NC=C1[C@H](CO)C(=O)O. The van der Waals surface area contributed by atoms with E-state index in [4.69, 9.17) is 21.7 Å². The summed E-state index contributed by atoms with van der Waals surface area (Å²) in [6, 6.07) is 0. The van der Waals surface area contributed by atoms with Gasteiger partial charge in [-0.3, -0.25) is 29.2 Å². The highest BCUT2D eigenvalue weighted by Crippen LogP contribution is 2.27. The number of anilines is 2. The van der Waals surface area contributed by atoms with Crippen molar-refractivity contribution in [3.63, 3.8) is 0 Å². The Morgan fingerprint density at radius 3 is 1.31 bits per heavy atom. The third-order valence-electron chi connectivity index (χ3n) is 4.73. The molecule has 1 aromatic rings. The fraction of sp³-hybridized carbons (Fsp3) is 0.222. The Morgan fingerprint density at radius 1 is 0.750 bits per heavy atom. The van der Waals surface area contributed by atoms with E-state index in [0.29, 0.717) is 0 Å². The summed E-state index contributed by atoms with van der Waals surface area (Å²) < 4.78 is 0. The van der Waals surface area contributed by atoms with Gasteiger partial charge in [-0.25, -0.2) is 9.97 Å². The normalized spacial score (nSPS) is 16.3. The van der Waals surface area contributed by atoms with Crippen LogP contribution >= 0.6 is 0 Å². The maximum absolute atomic E-state index is 12.7. The first-order chi connectivity index (χ1) is 15.1. The Kier molecular flexibility index (Phi) is 5.91. The molecule has 0 amide bonds. The molecule has 2 aliphatic rings. The Morgan fingerprint density at radius 2 is 1.09 bits per heavy atom. The first-order valence-electron chi connectivity index (χ1n) is 8.88. The van der Waals surface area contributed by atoms with E-state index < -0.39 is 71.6 Å². The molecule has 0 saturated carbocycles. The van der Waals surface area contributed by atoms with Gasteiger partial charge in [-0.1, -0.05) is 0 Å². The third-order valence-corrected chi connectivity index (χ3v) is 4.73. The smallest absolute Gasteiger partial charge is 0.313 e. The summed E-state index contributed by atoms with van der Waals surface area (Å²) in [5, 5.41) is 36.7. The molecule has 32 heavy (non-hydrogen) atoms. The van der Waals surface area contributed by atoms with Crippen molar-refractivity contribution in [1.29, 1.82) is 0 Å². The number of nitrogen functional groups attached to an aromatic ring is 2. The minimum atomic E-state index is -1.38. The molecular weight excluding hydrogens is 428 g/mol. The fourth-order valence-electron chi connectivity index (χ4n) is 2.94. The first-order valence-corrected chi connectivity index (χ1v) is 8.88. The topological polar surface area (TPSA) is 252 Å². The molecule has 0 bridgehead atoms. The number of aliphatic carboxylic acids is 2. The van der Waals surface area contributed by atoms with Crippen LogP contribution in [-0.4, -0.2) is 78.5 Å². The van der Waals surface area contributed by atoms with Crippen LogP contribution in [0.15, 0.2) is 33.5 Å². The molecule has 0 aromatic carbocycles. The van der Waals surface area contributed by atoms with Gasteiger partial charge in [0.1, 0.15) is 23.3 Å². The summed E-state index contributed by atoms with van der Waals surface area (Å²) in [5.74, 6) is -8.35. The van der Waals surface area contributed by atoms with E-state index >= 15 is 0 Å². The number of hydrogen-bond acceptors (Lipinski definition) is 12. The Labute approximate surface area is 178 Å². The molecule has 0 saturated heterocycles. The van der Waals surface area contributed by atoms with Gasteiger partial charge < -0.3 is 31.9 Å². The van der Waals surface area contributed by atoms with Gasteiger partial charge in [0.25, 0.3) is 0 Å². The lowest BCUT2D eigenvalue weighted by Crippen LogP contribution is -2.34. The fourth-order valence-corrected chi connectivity index (χ4v) is 2.94. The van der Waals surface area contributed by atoms with Crippen LogP contribution in [0.25, 0.3) is 0 Å². The quantitative estimate of drug-likeness (QED) is 0.216. The molecule has 0 unspecified atom stereocenters. The molecule has 14 heteroatoms. The van der Waals surface area contributed by atoms with Crippen LogP contribution in [0.2, 0.25) is 0 Å². The lowest BCUT2D eigenvalue weighted by Gasteiger charge is -2.21. The average Bonchev–Trinajstić information content (AvgIpc) is 2.68. The van der Waals surface area contributed by atoms with E-state index in [1.54, 1.807) is 0 Å². The van der Waals surface area contributed by atoms with E-state index in [1.807, 2.05) is 0 Å². The van der Waals surface area contributed by atoms with Crippen LogP contribution < -0.4 is 11.5 Å². The number of carbonyl (C=O) groups is 4. The predicted octanol–water partition coefficient (Wildman–Crippen LogP) is -1.93. The summed E-state index contributed by atoms with van der Waals surface area (Å²) in [4.78, 5) is 62.8. The molecule has 0 fully saturated rings. The second-order valence-electron chi connectivity index (χ2n) is 6.62. The molecule has 8 N–H and O–H groups in total. The highest BCUT2D eigenvalue weighted by Gasteiger charge is 2.37. The number of aliphatic imine (C=N–C) groups is 2. The Hall–Kier alpha value is -4.30. The van der Waals surface area contributed by atoms with Crippen molar-refractivity contribution in [2.75, 3.05) is 24.7 Å². The number of nitrogens with zero attached hydrogens (tertiary/aromatic N) is 4. The van der Waals surface area contributed by atoms with Gasteiger partial charge in [-0.2, -0.15) is 0 Å². The zero-order valence-electron chi connectivity index (χ0n) is 16.1. The first kappa shape index (κ1) is 22.4. The van der Waals surface area contributed by atoms with E-state index in [9.17, 15) is 29.4 Å². The monoisotopic (exact) mass is 444 g/mol. The number of carbonyl (C=O) groups excluding carboxylic acids is 2. The standard InChI is InChI=1S/C18H16N6O8/c19-15-11(13(27)9-5(1-21-9)7(3-25)17(29)30)23-16(20)12(24-15)14(28)10-6(2-22-10)8(4-26)18(31)32/h1-2,7-8,25-26H,3-4H2,(H2,20,23)(H2,19,24)(H,29,30)(H,31,32)/t7-,8-/m0/s1. The van der Waals surface area contributed by atoms with Gasteiger partial charge in [0.2, 0.25) is 11.6 Å². The molecule has 14 nitrogen and oxygen atoms in total. The van der Waals surface area contributed by atoms with Crippen LogP contribution in [0.4, 0.5) is 11.6 Å². The van der Waals surface area contributed by atoms with Crippen molar-refractivity contribution in [3.8, 4) is 0 Å². The molecule has 2 atom stereocenters. The van der Waals surface area contributed by atoms with Crippen molar-refractivity contribution in [3.05, 3.63) is 34.9 Å². The van der Waals surface area contributed by atoms with Crippen molar-refractivity contribution >= 4 is 46.6 Å². The van der Waals surface area contributed by atoms with E-state index in [1.165, 1.54) is 0 Å². The molecule has 2 aliphatic heterocycles. The molecule has 0 radical (unpaired) electrons. The van der Waals surface area contributed by atoms with Crippen molar-refractivity contribution in [1.82, 2.24) is 9.97 Å². The minimum Gasteiger partial charge on any atom is -0.481 e. The molecular formula is C18H16N6O8. The maximum atomic E-state index is 12.7. The number of aliphatic hydroxyl groups excluding tert-OH is 2. The van der Waals surface area contributed by atoms with Crippen LogP contribution in [-0.2, 0) is 9.59 Å². The van der Waals surface area contributed by atoms with Crippen LogP contribution in [0.1, 0.15) is 21.0 Å². The van der Waals surface area contributed by atoms with Gasteiger partial charge >= 0.3 is 11.9 Å². The molecule has 1 aromatic heterocycles. The van der Waals surface area contributed by atoms with Gasteiger partial charge in [0, 0.05) is 23.5 Å². The lowest BCUT2D eigenvalue weighted by atomic mass is 9.89. The van der Waals surface area contributed by atoms with Gasteiger partial charge in [-0.15, -0.1) is 0 Å². The van der Waals surface area contributed by atoms with Crippen LogP contribution in [0.3, 0.4) is 0 Å². The number of ketones is 2. The number of carboxylic acid groups (broad SMARTS) is 2. The number of aromatic nitrogens is 2. The summed E-state index contributed by atoms with van der Waals surface area (Å²) in [6.45, 7) is -1.54. The largest absolute Gasteiger partial charge is 0.481 e. The van der Waals surface area contributed by atoms with Crippen molar-refractivity contribution < 1.29 is 39.6 Å². The number of aliphatic hydroxyl groups is 2. The molecule has 166 valence electrons. The minimum absolute atomic E-state index is 0.0350. The maximum Gasteiger partial charge on any atom is 0.313 e. The molecule has 0 aliphatic carbocycles. The van der Waals surface area contributed by atoms with Gasteiger partial charge in [0.15, 0.2) is 23.0 Å². The van der Waals surface area contributed by atoms with E-state index in [0.717, 1.165) is 12.4 Å². The number of rotatable bonds is 10. The molecule has 0 spiro atoms. The zero-order valence-corrected chi connectivity index (χ0v) is 16.1. The number of nitrogens with two attached hydrogens (primary N) is 2. The van der Waals surface area contributed by atoms with Crippen LogP contribution in [0.5, 0.6) is 0 Å². The summed E-state index contributed by atoms with van der Waals surface area (Å²) in [7, 11) is 0. The van der Waals surface area contributed by atoms with Gasteiger partial charge in [-0.05, 0) is 0 Å². The third kappa shape index (κ3) is 3.63.